The standard InChI is InChI=1S/C31H39N5O4/c1-5-11-35(6-2)18-30(37)36-12-9-22(10-13-36)19-39-29-16-27-25(15-28(29)38-4)31(34-20-33-27)40-23-7-8-26-24(14-23)21(3)17-32-26/h7-8,14-17,20,22,32H,5-6,9-13,18-19H2,1-4H3. The first kappa shape index (κ1) is 27.7. The Bertz CT molecular complexity index is 1460. The second-order valence-corrected chi connectivity index (χ2v) is 10.5. The zero-order valence-electron chi connectivity index (χ0n) is 23.9. The van der Waals surface area contributed by atoms with Gasteiger partial charge in [-0.1, -0.05) is 13.8 Å². The van der Waals surface area contributed by atoms with Crippen molar-refractivity contribution >= 4 is 27.7 Å². The number of benzene rings is 2. The molecule has 2 aromatic carbocycles. The number of likely N-dealkylation sites (tertiary alicyclic amines) is 1. The Morgan fingerprint density at radius 3 is 2.67 bits per heavy atom. The molecule has 1 fully saturated rings. The van der Waals surface area contributed by atoms with Crippen LogP contribution in [-0.2, 0) is 4.79 Å². The summed E-state index contributed by atoms with van der Waals surface area (Å²) < 4.78 is 18.1. The number of piperidine rings is 1. The van der Waals surface area contributed by atoms with E-state index in [-0.39, 0.29) is 5.91 Å². The van der Waals surface area contributed by atoms with E-state index in [2.05, 4.69) is 40.6 Å². The molecule has 3 heterocycles. The highest BCUT2D eigenvalue weighted by Crippen LogP contribution is 2.37. The zero-order chi connectivity index (χ0) is 28.1. The van der Waals surface area contributed by atoms with Gasteiger partial charge in [0.15, 0.2) is 11.5 Å². The van der Waals surface area contributed by atoms with Crippen molar-refractivity contribution in [2.24, 2.45) is 5.92 Å². The summed E-state index contributed by atoms with van der Waals surface area (Å²) >= 11 is 0. The molecule has 5 rings (SSSR count). The number of nitrogens with one attached hydrogen (secondary N) is 1. The maximum absolute atomic E-state index is 12.8. The molecule has 0 saturated carbocycles. The largest absolute Gasteiger partial charge is 0.493 e. The molecule has 0 bridgehead atoms. The van der Waals surface area contributed by atoms with E-state index in [1.807, 2.05) is 41.4 Å². The number of carbonyl (C=O) groups is 1. The van der Waals surface area contributed by atoms with Gasteiger partial charge in [-0.3, -0.25) is 9.69 Å². The molecule has 212 valence electrons. The van der Waals surface area contributed by atoms with Crippen molar-refractivity contribution in [3.8, 4) is 23.1 Å². The van der Waals surface area contributed by atoms with Crippen molar-refractivity contribution in [3.05, 3.63) is 48.4 Å². The van der Waals surface area contributed by atoms with E-state index in [1.165, 1.54) is 6.33 Å². The fourth-order valence-electron chi connectivity index (χ4n) is 5.32. The number of methoxy groups -OCH3 is 1. The molecule has 0 spiro atoms. The van der Waals surface area contributed by atoms with E-state index in [4.69, 9.17) is 14.2 Å². The lowest BCUT2D eigenvalue weighted by atomic mass is 9.97. The predicted molar refractivity (Wildman–Crippen MR) is 156 cm³/mol. The van der Waals surface area contributed by atoms with E-state index in [9.17, 15) is 4.79 Å². The third-order valence-corrected chi connectivity index (χ3v) is 7.75. The van der Waals surface area contributed by atoms with Crippen LogP contribution in [0.15, 0.2) is 42.9 Å². The lowest BCUT2D eigenvalue weighted by Crippen LogP contribution is -2.45. The number of amides is 1. The number of fused-ring (bicyclic) bond motifs is 2. The molecule has 0 radical (unpaired) electrons. The van der Waals surface area contributed by atoms with E-state index < -0.39 is 0 Å². The second kappa shape index (κ2) is 12.6. The van der Waals surface area contributed by atoms with Gasteiger partial charge in [0.1, 0.15) is 12.1 Å². The number of hydrogen-bond acceptors (Lipinski definition) is 7. The number of carbonyl (C=O) groups excluding carboxylic acids is 1. The zero-order valence-corrected chi connectivity index (χ0v) is 23.9. The number of aromatic nitrogens is 3. The highest BCUT2D eigenvalue weighted by atomic mass is 16.5. The van der Waals surface area contributed by atoms with Crippen LogP contribution in [-0.4, -0.2) is 77.1 Å². The quantitative estimate of drug-likeness (QED) is 0.263. The number of likely N-dealkylation sites (N-methyl/N-ethyl adjacent to an activating group) is 1. The SMILES string of the molecule is CCCN(CC)CC(=O)N1CCC(COc2cc3ncnc(Oc4ccc5[nH]cc(C)c5c4)c3cc2OC)CC1. The Labute approximate surface area is 235 Å². The molecule has 0 unspecified atom stereocenters. The topological polar surface area (TPSA) is 92.8 Å². The number of rotatable bonds is 11. The monoisotopic (exact) mass is 545 g/mol. The Morgan fingerprint density at radius 1 is 1.10 bits per heavy atom. The van der Waals surface area contributed by atoms with Gasteiger partial charge in [-0.05, 0) is 75.0 Å². The van der Waals surface area contributed by atoms with Crippen LogP contribution in [0.3, 0.4) is 0 Å². The number of H-pyrrole nitrogens is 1. The third-order valence-electron chi connectivity index (χ3n) is 7.75. The van der Waals surface area contributed by atoms with Crippen molar-refractivity contribution in [1.82, 2.24) is 24.8 Å². The molecule has 0 aliphatic carbocycles. The Kier molecular flexibility index (Phi) is 8.69. The van der Waals surface area contributed by atoms with Crippen LogP contribution in [0.5, 0.6) is 23.1 Å². The number of nitrogens with zero attached hydrogens (tertiary/aromatic N) is 4. The maximum Gasteiger partial charge on any atom is 0.236 e. The summed E-state index contributed by atoms with van der Waals surface area (Å²) in [7, 11) is 1.63. The van der Waals surface area contributed by atoms with E-state index in [0.29, 0.717) is 47.7 Å². The van der Waals surface area contributed by atoms with Crippen molar-refractivity contribution in [2.75, 3.05) is 46.4 Å². The highest BCUT2D eigenvalue weighted by Gasteiger charge is 2.25. The summed E-state index contributed by atoms with van der Waals surface area (Å²) in [4.78, 5) is 29.1. The summed E-state index contributed by atoms with van der Waals surface area (Å²) in [6.45, 7) is 10.8. The molecule has 1 saturated heterocycles. The summed E-state index contributed by atoms with van der Waals surface area (Å²) in [6.07, 6.45) is 6.39. The Balaban J connectivity index is 1.23. The smallest absolute Gasteiger partial charge is 0.236 e. The van der Waals surface area contributed by atoms with Crippen molar-refractivity contribution in [2.45, 2.75) is 40.0 Å². The molecule has 1 aliphatic rings. The van der Waals surface area contributed by atoms with Crippen LogP contribution in [0.2, 0.25) is 0 Å². The number of aromatic amines is 1. The van der Waals surface area contributed by atoms with Crippen molar-refractivity contribution < 1.29 is 19.0 Å². The van der Waals surface area contributed by atoms with Gasteiger partial charge in [-0.15, -0.1) is 0 Å². The number of aryl methyl sites for hydroxylation is 1. The van der Waals surface area contributed by atoms with Gasteiger partial charge in [-0.2, -0.15) is 0 Å². The summed E-state index contributed by atoms with van der Waals surface area (Å²) in [5.74, 6) is 3.00. The fourth-order valence-corrected chi connectivity index (χ4v) is 5.32. The minimum atomic E-state index is 0.228. The minimum absolute atomic E-state index is 0.228. The van der Waals surface area contributed by atoms with Crippen LogP contribution < -0.4 is 14.2 Å². The van der Waals surface area contributed by atoms with E-state index in [0.717, 1.165) is 67.3 Å². The summed E-state index contributed by atoms with van der Waals surface area (Å²) in [5.41, 5.74) is 2.93. The fraction of sp³-hybridized carbons (Fsp3) is 0.452. The Morgan fingerprint density at radius 2 is 1.93 bits per heavy atom. The predicted octanol–water partition coefficient (Wildman–Crippen LogP) is 5.57. The van der Waals surface area contributed by atoms with Gasteiger partial charge in [0.05, 0.1) is 31.2 Å². The molecule has 9 nitrogen and oxygen atoms in total. The van der Waals surface area contributed by atoms with E-state index >= 15 is 0 Å². The molecule has 1 N–H and O–H groups in total. The highest BCUT2D eigenvalue weighted by molar-refractivity contribution is 5.88. The summed E-state index contributed by atoms with van der Waals surface area (Å²) in [6, 6.07) is 9.68. The van der Waals surface area contributed by atoms with Crippen molar-refractivity contribution in [3.63, 3.8) is 0 Å². The average molecular weight is 546 g/mol. The van der Waals surface area contributed by atoms with E-state index in [1.54, 1.807) is 7.11 Å². The average Bonchev–Trinajstić information content (AvgIpc) is 3.35. The van der Waals surface area contributed by atoms with Gasteiger partial charge in [0, 0.05) is 36.3 Å². The summed E-state index contributed by atoms with van der Waals surface area (Å²) in [5, 5.41) is 1.85. The van der Waals surface area contributed by atoms with Crippen LogP contribution in [0, 0.1) is 12.8 Å². The third kappa shape index (κ3) is 6.14. The van der Waals surface area contributed by atoms with Gasteiger partial charge in [0.25, 0.3) is 0 Å². The number of hydrogen-bond donors (Lipinski definition) is 1. The van der Waals surface area contributed by atoms with Gasteiger partial charge in [0.2, 0.25) is 11.8 Å². The van der Waals surface area contributed by atoms with Crippen LogP contribution in [0.4, 0.5) is 0 Å². The first-order chi connectivity index (χ1) is 19.5. The molecule has 4 aromatic rings. The molecule has 2 aromatic heterocycles. The molecule has 40 heavy (non-hydrogen) atoms. The lowest BCUT2D eigenvalue weighted by Gasteiger charge is -2.33. The van der Waals surface area contributed by atoms with Gasteiger partial charge >= 0.3 is 0 Å². The van der Waals surface area contributed by atoms with Crippen LogP contribution >= 0.6 is 0 Å². The first-order valence-corrected chi connectivity index (χ1v) is 14.2. The normalized spacial score (nSPS) is 14.3. The maximum atomic E-state index is 12.8. The molecular weight excluding hydrogens is 506 g/mol. The molecule has 1 aliphatic heterocycles. The second-order valence-electron chi connectivity index (χ2n) is 10.5. The Hall–Kier alpha value is -3.85. The molecule has 9 heteroatoms. The van der Waals surface area contributed by atoms with Crippen LogP contribution in [0.25, 0.3) is 21.8 Å². The molecule has 1 amide bonds. The number of ether oxygens (including phenoxy) is 3. The van der Waals surface area contributed by atoms with Gasteiger partial charge < -0.3 is 24.1 Å². The lowest BCUT2D eigenvalue weighted by molar-refractivity contribution is -0.133. The minimum Gasteiger partial charge on any atom is -0.493 e. The molecule has 0 atom stereocenters. The van der Waals surface area contributed by atoms with Crippen LogP contribution in [0.1, 0.15) is 38.7 Å². The van der Waals surface area contributed by atoms with Crippen molar-refractivity contribution in [1.29, 1.82) is 0 Å². The van der Waals surface area contributed by atoms with Gasteiger partial charge in [-0.25, -0.2) is 9.97 Å². The first-order valence-electron chi connectivity index (χ1n) is 14.2. The molecular formula is C31H39N5O4.